The van der Waals surface area contributed by atoms with Crippen molar-refractivity contribution in [2.45, 2.75) is 0 Å². The fourth-order valence-corrected chi connectivity index (χ4v) is 1.24. The van der Waals surface area contributed by atoms with Gasteiger partial charge in [-0.3, -0.25) is 0 Å². The van der Waals surface area contributed by atoms with Crippen molar-refractivity contribution >= 4 is 5.97 Å². The summed E-state index contributed by atoms with van der Waals surface area (Å²) in [6.07, 6.45) is 0. The lowest BCUT2D eigenvalue weighted by Gasteiger charge is -2.06. The summed E-state index contributed by atoms with van der Waals surface area (Å²) in [4.78, 5) is 11.5. The van der Waals surface area contributed by atoms with Crippen LogP contribution in [0, 0.1) is 0 Å². The molecule has 0 atom stereocenters. The van der Waals surface area contributed by atoms with Crippen molar-refractivity contribution in [3.8, 4) is 0 Å². The van der Waals surface area contributed by atoms with Gasteiger partial charge in [-0.25, -0.2) is 4.79 Å². The lowest BCUT2D eigenvalue weighted by Crippen LogP contribution is -2.13. The lowest BCUT2D eigenvalue weighted by molar-refractivity contribution is 0.00920. The third-order valence-corrected chi connectivity index (χ3v) is 2.08. The Bertz CT molecular complexity index is 325. The molecule has 0 aliphatic carbocycles. The molecule has 0 bridgehead atoms. The fourth-order valence-electron chi connectivity index (χ4n) is 1.24. The second kappa shape index (κ2) is 9.58. The molecular weight excluding hydrogens is 236 g/mol. The molecule has 0 aromatic heterocycles. The summed E-state index contributed by atoms with van der Waals surface area (Å²) in [5.41, 5.74) is 0.531. The minimum Gasteiger partial charge on any atom is -0.460 e. The summed E-state index contributed by atoms with van der Waals surface area (Å²) in [6, 6.07) is 8.81. The maximum absolute atomic E-state index is 11.5. The van der Waals surface area contributed by atoms with Gasteiger partial charge >= 0.3 is 5.97 Å². The minimum atomic E-state index is -0.351. The van der Waals surface area contributed by atoms with E-state index in [1.807, 2.05) is 6.07 Å². The van der Waals surface area contributed by atoms with Crippen molar-refractivity contribution in [1.82, 2.24) is 0 Å². The van der Waals surface area contributed by atoms with Gasteiger partial charge in [0.1, 0.15) is 6.61 Å². The van der Waals surface area contributed by atoms with Crippen LogP contribution in [0.5, 0.6) is 0 Å². The number of hydrogen-bond donors (Lipinski definition) is 1. The van der Waals surface area contributed by atoms with Crippen LogP contribution >= 0.6 is 0 Å². The zero-order chi connectivity index (χ0) is 13.1. The van der Waals surface area contributed by atoms with Crippen molar-refractivity contribution in [1.29, 1.82) is 0 Å². The summed E-state index contributed by atoms with van der Waals surface area (Å²) in [5, 5.41) is 8.45. The molecule has 0 saturated heterocycles. The van der Waals surface area contributed by atoms with Gasteiger partial charge in [-0.2, -0.15) is 0 Å². The summed E-state index contributed by atoms with van der Waals surface area (Å²) >= 11 is 0. The highest BCUT2D eigenvalue weighted by Gasteiger charge is 2.04. The first kappa shape index (κ1) is 14.6. The van der Waals surface area contributed by atoms with Crippen LogP contribution in [0.3, 0.4) is 0 Å². The van der Waals surface area contributed by atoms with E-state index >= 15 is 0 Å². The number of carbonyl (C=O) groups excluding carboxylic acids is 1. The molecule has 5 heteroatoms. The van der Waals surface area contributed by atoms with E-state index in [0.29, 0.717) is 32.0 Å². The molecule has 0 amide bonds. The first-order chi connectivity index (χ1) is 8.84. The fraction of sp³-hybridized carbons (Fsp3) is 0.462. The standard InChI is InChI=1S/C13H18O5/c14-6-7-16-8-9-17-10-11-18-13(15)12-4-2-1-3-5-12/h1-5,14H,6-11H2. The summed E-state index contributed by atoms with van der Waals surface area (Å²) in [7, 11) is 0. The predicted octanol–water partition coefficient (Wildman–Crippen LogP) is 0.869. The highest BCUT2D eigenvalue weighted by atomic mass is 16.6. The lowest BCUT2D eigenvalue weighted by atomic mass is 10.2. The average molecular weight is 254 g/mol. The van der Waals surface area contributed by atoms with Crippen LogP contribution in [-0.2, 0) is 14.2 Å². The third-order valence-electron chi connectivity index (χ3n) is 2.08. The quantitative estimate of drug-likeness (QED) is 0.523. The van der Waals surface area contributed by atoms with Crippen molar-refractivity contribution in [3.63, 3.8) is 0 Å². The first-order valence-corrected chi connectivity index (χ1v) is 5.83. The predicted molar refractivity (Wildman–Crippen MR) is 65.4 cm³/mol. The second-order valence-electron chi connectivity index (χ2n) is 3.45. The molecule has 5 nitrogen and oxygen atoms in total. The van der Waals surface area contributed by atoms with E-state index in [0.717, 1.165) is 0 Å². The highest BCUT2D eigenvalue weighted by Crippen LogP contribution is 2.00. The molecular formula is C13H18O5. The third kappa shape index (κ3) is 6.34. The molecule has 1 aromatic rings. The molecule has 1 N–H and O–H groups in total. The Morgan fingerprint density at radius 2 is 1.56 bits per heavy atom. The normalized spacial score (nSPS) is 10.3. The number of hydrogen-bond acceptors (Lipinski definition) is 5. The van der Waals surface area contributed by atoms with Gasteiger partial charge in [0.2, 0.25) is 0 Å². The maximum atomic E-state index is 11.5. The molecule has 100 valence electrons. The molecule has 18 heavy (non-hydrogen) atoms. The van der Waals surface area contributed by atoms with E-state index in [1.165, 1.54) is 0 Å². The number of aliphatic hydroxyl groups is 1. The Hall–Kier alpha value is -1.43. The van der Waals surface area contributed by atoms with Gasteiger partial charge < -0.3 is 19.3 Å². The van der Waals surface area contributed by atoms with Gasteiger partial charge in [0.15, 0.2) is 0 Å². The van der Waals surface area contributed by atoms with Crippen molar-refractivity contribution in [2.24, 2.45) is 0 Å². The Kier molecular flexibility index (Phi) is 7.79. The van der Waals surface area contributed by atoms with Crippen LogP contribution in [0.2, 0.25) is 0 Å². The molecule has 0 saturated carbocycles. The molecule has 0 radical (unpaired) electrons. The average Bonchev–Trinajstić information content (AvgIpc) is 2.42. The van der Waals surface area contributed by atoms with Gasteiger partial charge in [0.25, 0.3) is 0 Å². The number of rotatable bonds is 9. The zero-order valence-electron chi connectivity index (χ0n) is 10.2. The summed E-state index contributed by atoms with van der Waals surface area (Å²) in [6.45, 7) is 1.71. The smallest absolute Gasteiger partial charge is 0.338 e. The SMILES string of the molecule is O=C(OCCOCCOCCO)c1ccccc1. The van der Waals surface area contributed by atoms with E-state index in [4.69, 9.17) is 19.3 Å². The maximum Gasteiger partial charge on any atom is 0.338 e. The van der Waals surface area contributed by atoms with Gasteiger partial charge in [-0.05, 0) is 12.1 Å². The number of aliphatic hydroxyl groups excluding tert-OH is 1. The van der Waals surface area contributed by atoms with Gasteiger partial charge in [-0.15, -0.1) is 0 Å². The number of carbonyl (C=O) groups is 1. The van der Waals surface area contributed by atoms with Crippen LogP contribution in [0.25, 0.3) is 0 Å². The van der Waals surface area contributed by atoms with Gasteiger partial charge in [0, 0.05) is 0 Å². The Morgan fingerprint density at radius 1 is 0.944 bits per heavy atom. The van der Waals surface area contributed by atoms with Crippen molar-refractivity contribution < 1.29 is 24.1 Å². The topological polar surface area (TPSA) is 65.0 Å². The summed E-state index contributed by atoms with van der Waals surface area (Å²) < 4.78 is 15.2. The molecule has 1 aromatic carbocycles. The second-order valence-corrected chi connectivity index (χ2v) is 3.45. The Morgan fingerprint density at radius 3 is 2.22 bits per heavy atom. The van der Waals surface area contributed by atoms with Crippen molar-refractivity contribution in [2.75, 3.05) is 39.6 Å². The van der Waals surface area contributed by atoms with E-state index in [2.05, 4.69) is 0 Å². The number of benzene rings is 1. The number of ether oxygens (including phenoxy) is 3. The van der Waals surface area contributed by atoms with Crippen molar-refractivity contribution in [3.05, 3.63) is 35.9 Å². The minimum absolute atomic E-state index is 0.00862. The monoisotopic (exact) mass is 254 g/mol. The van der Waals surface area contributed by atoms with E-state index in [-0.39, 0.29) is 19.2 Å². The first-order valence-electron chi connectivity index (χ1n) is 5.83. The molecule has 1 rings (SSSR count). The van der Waals surface area contributed by atoms with Crippen LogP contribution in [0.4, 0.5) is 0 Å². The zero-order valence-corrected chi connectivity index (χ0v) is 10.2. The Labute approximate surface area is 106 Å². The van der Waals surface area contributed by atoms with Crippen LogP contribution in [0.15, 0.2) is 30.3 Å². The van der Waals surface area contributed by atoms with Crippen LogP contribution in [0.1, 0.15) is 10.4 Å². The summed E-state index contributed by atoms with van der Waals surface area (Å²) in [5.74, 6) is -0.351. The molecule has 0 spiro atoms. The Balaban J connectivity index is 2.00. The van der Waals surface area contributed by atoms with E-state index in [1.54, 1.807) is 24.3 Å². The van der Waals surface area contributed by atoms with E-state index in [9.17, 15) is 4.79 Å². The highest BCUT2D eigenvalue weighted by molar-refractivity contribution is 5.89. The molecule has 0 fully saturated rings. The number of esters is 1. The molecule has 0 aliphatic rings. The molecule has 0 heterocycles. The largest absolute Gasteiger partial charge is 0.460 e. The van der Waals surface area contributed by atoms with Gasteiger partial charge in [-0.1, -0.05) is 18.2 Å². The van der Waals surface area contributed by atoms with Crippen LogP contribution in [-0.4, -0.2) is 50.7 Å². The van der Waals surface area contributed by atoms with E-state index < -0.39 is 0 Å². The molecule has 0 aliphatic heterocycles. The van der Waals surface area contributed by atoms with Gasteiger partial charge in [0.05, 0.1) is 38.6 Å². The van der Waals surface area contributed by atoms with Crippen LogP contribution < -0.4 is 0 Å². The molecule has 0 unspecified atom stereocenters.